The van der Waals surface area contributed by atoms with Gasteiger partial charge in [0.1, 0.15) is 0 Å². The van der Waals surface area contributed by atoms with E-state index in [9.17, 15) is 4.79 Å². The van der Waals surface area contributed by atoms with Gasteiger partial charge in [0.15, 0.2) is 6.39 Å². The predicted octanol–water partition coefficient (Wildman–Crippen LogP) is -0.413. The van der Waals surface area contributed by atoms with Crippen LogP contribution in [0.1, 0.15) is 16.2 Å². The first-order valence-electron chi connectivity index (χ1n) is 2.66. The Morgan fingerprint density at radius 1 is 1.90 bits per heavy atom. The van der Waals surface area contributed by atoms with Gasteiger partial charge in [-0.2, -0.15) is 0 Å². The third kappa shape index (κ3) is 0.985. The van der Waals surface area contributed by atoms with Crippen molar-refractivity contribution in [3.8, 4) is 0 Å². The van der Waals surface area contributed by atoms with Crippen LogP contribution < -0.4 is 11.3 Å². The number of carbonyl (C=O) groups excluding carboxylic acids is 1. The van der Waals surface area contributed by atoms with Gasteiger partial charge >= 0.3 is 5.91 Å². The number of aryl methyl sites for hydroxylation is 1. The lowest BCUT2D eigenvalue weighted by Crippen LogP contribution is -2.30. The zero-order chi connectivity index (χ0) is 7.56. The number of oxazole rings is 1. The third-order valence-electron chi connectivity index (χ3n) is 1.08. The molecular formula is C5H7N3O2. The van der Waals surface area contributed by atoms with Gasteiger partial charge in [-0.15, -0.1) is 0 Å². The molecule has 0 bridgehead atoms. The Morgan fingerprint density at radius 2 is 2.60 bits per heavy atom. The monoisotopic (exact) mass is 141 g/mol. The Kier molecular flexibility index (Phi) is 1.68. The molecule has 0 saturated carbocycles. The quantitative estimate of drug-likeness (QED) is 0.316. The van der Waals surface area contributed by atoms with Gasteiger partial charge in [0.25, 0.3) is 0 Å². The summed E-state index contributed by atoms with van der Waals surface area (Å²) in [6.07, 6.45) is 1.19. The summed E-state index contributed by atoms with van der Waals surface area (Å²) in [6, 6.07) is 0. The van der Waals surface area contributed by atoms with Gasteiger partial charge in [-0.3, -0.25) is 10.2 Å². The molecule has 0 aliphatic heterocycles. The molecule has 1 aromatic heterocycles. The zero-order valence-corrected chi connectivity index (χ0v) is 5.42. The highest BCUT2D eigenvalue weighted by Gasteiger charge is 2.10. The second kappa shape index (κ2) is 2.49. The number of carbonyl (C=O) groups is 1. The lowest BCUT2D eigenvalue weighted by molar-refractivity contribution is 0.0925. The number of hydrogen-bond acceptors (Lipinski definition) is 4. The minimum absolute atomic E-state index is 0.155. The molecule has 0 saturated heterocycles. The number of nitrogens with one attached hydrogen (secondary N) is 1. The van der Waals surface area contributed by atoms with Crippen molar-refractivity contribution in [2.24, 2.45) is 5.84 Å². The summed E-state index contributed by atoms with van der Waals surface area (Å²) in [5.41, 5.74) is 2.47. The Morgan fingerprint density at radius 3 is 3.00 bits per heavy atom. The largest absolute Gasteiger partial charge is 0.438 e. The van der Waals surface area contributed by atoms with Gasteiger partial charge in [-0.25, -0.2) is 10.8 Å². The lowest BCUT2D eigenvalue weighted by Gasteiger charge is -1.92. The second-order valence-corrected chi connectivity index (χ2v) is 1.74. The van der Waals surface area contributed by atoms with Crippen LogP contribution in [0.5, 0.6) is 0 Å². The topological polar surface area (TPSA) is 81.2 Å². The zero-order valence-electron chi connectivity index (χ0n) is 5.42. The summed E-state index contributed by atoms with van der Waals surface area (Å²) >= 11 is 0. The number of hydrazine groups is 1. The lowest BCUT2D eigenvalue weighted by atomic mass is 10.4. The Labute approximate surface area is 57.2 Å². The average Bonchev–Trinajstić information content (AvgIpc) is 2.34. The van der Waals surface area contributed by atoms with E-state index in [4.69, 9.17) is 10.3 Å². The molecule has 1 rings (SSSR count). The van der Waals surface area contributed by atoms with E-state index in [1.165, 1.54) is 6.39 Å². The van der Waals surface area contributed by atoms with Gasteiger partial charge in [0.05, 0.1) is 5.69 Å². The van der Waals surface area contributed by atoms with Crippen molar-refractivity contribution in [2.45, 2.75) is 6.92 Å². The first-order chi connectivity index (χ1) is 4.75. The van der Waals surface area contributed by atoms with E-state index in [0.717, 1.165) is 0 Å². The molecule has 1 heterocycles. The summed E-state index contributed by atoms with van der Waals surface area (Å²) in [5.74, 6) is 4.54. The van der Waals surface area contributed by atoms with Crippen molar-refractivity contribution in [2.75, 3.05) is 0 Å². The maximum atomic E-state index is 10.7. The SMILES string of the molecule is Cc1ncoc1C(=O)NN. The molecule has 1 aromatic rings. The van der Waals surface area contributed by atoms with Crippen LogP contribution in [0.3, 0.4) is 0 Å². The first kappa shape index (κ1) is 6.76. The standard InChI is InChI=1S/C5H7N3O2/c1-3-4(5(9)8-6)10-2-7-3/h2H,6H2,1H3,(H,8,9). The molecule has 0 aliphatic carbocycles. The van der Waals surface area contributed by atoms with Crippen molar-refractivity contribution < 1.29 is 9.21 Å². The molecular weight excluding hydrogens is 134 g/mol. The van der Waals surface area contributed by atoms with Crippen LogP contribution in [-0.2, 0) is 0 Å². The summed E-state index contributed by atoms with van der Waals surface area (Å²) < 4.78 is 4.71. The van der Waals surface area contributed by atoms with Crippen molar-refractivity contribution in [3.05, 3.63) is 17.8 Å². The molecule has 0 aliphatic rings. The van der Waals surface area contributed by atoms with E-state index in [0.29, 0.717) is 5.69 Å². The van der Waals surface area contributed by atoms with Gasteiger partial charge in [-0.1, -0.05) is 0 Å². The number of aromatic nitrogens is 1. The minimum Gasteiger partial charge on any atom is -0.438 e. The highest BCUT2D eigenvalue weighted by molar-refractivity contribution is 5.91. The third-order valence-corrected chi connectivity index (χ3v) is 1.08. The molecule has 1 amide bonds. The highest BCUT2D eigenvalue weighted by atomic mass is 16.3. The highest BCUT2D eigenvalue weighted by Crippen LogP contribution is 2.02. The van der Waals surface area contributed by atoms with Gasteiger partial charge in [0, 0.05) is 0 Å². The van der Waals surface area contributed by atoms with Gasteiger partial charge in [-0.05, 0) is 6.92 Å². The fraction of sp³-hybridized carbons (Fsp3) is 0.200. The maximum absolute atomic E-state index is 10.7. The Balaban J connectivity index is 2.93. The normalized spacial score (nSPS) is 9.40. The van der Waals surface area contributed by atoms with Crippen LogP contribution in [-0.4, -0.2) is 10.9 Å². The predicted molar refractivity (Wildman–Crippen MR) is 32.9 cm³/mol. The molecule has 5 heteroatoms. The van der Waals surface area contributed by atoms with Crippen LogP contribution in [0, 0.1) is 6.92 Å². The van der Waals surface area contributed by atoms with E-state index in [-0.39, 0.29) is 5.76 Å². The smallest absolute Gasteiger partial charge is 0.302 e. The molecule has 0 atom stereocenters. The van der Waals surface area contributed by atoms with Crippen LogP contribution in [0.25, 0.3) is 0 Å². The van der Waals surface area contributed by atoms with E-state index >= 15 is 0 Å². The maximum Gasteiger partial charge on any atom is 0.302 e. The van der Waals surface area contributed by atoms with E-state index in [2.05, 4.69) is 4.98 Å². The van der Waals surface area contributed by atoms with Crippen molar-refractivity contribution in [3.63, 3.8) is 0 Å². The van der Waals surface area contributed by atoms with Crippen LogP contribution in [0.2, 0.25) is 0 Å². The van der Waals surface area contributed by atoms with Crippen molar-refractivity contribution in [1.29, 1.82) is 0 Å². The molecule has 3 N–H and O–H groups in total. The van der Waals surface area contributed by atoms with Gasteiger partial charge < -0.3 is 4.42 Å². The van der Waals surface area contributed by atoms with Crippen molar-refractivity contribution in [1.82, 2.24) is 10.4 Å². The summed E-state index contributed by atoms with van der Waals surface area (Å²) in [5, 5.41) is 0. The number of hydrogen-bond donors (Lipinski definition) is 2. The number of rotatable bonds is 1. The Hall–Kier alpha value is -1.36. The van der Waals surface area contributed by atoms with Crippen molar-refractivity contribution >= 4 is 5.91 Å². The van der Waals surface area contributed by atoms with Crippen LogP contribution >= 0.6 is 0 Å². The molecule has 0 radical (unpaired) electrons. The van der Waals surface area contributed by atoms with E-state index in [1.807, 2.05) is 5.43 Å². The average molecular weight is 141 g/mol. The summed E-state index contributed by atoms with van der Waals surface area (Å²) in [6.45, 7) is 1.66. The molecule has 0 unspecified atom stereocenters. The molecule has 0 spiro atoms. The first-order valence-corrected chi connectivity index (χ1v) is 2.66. The molecule has 0 fully saturated rings. The molecule has 0 aromatic carbocycles. The number of nitrogens with two attached hydrogens (primary N) is 1. The number of nitrogens with zero attached hydrogens (tertiary/aromatic N) is 1. The number of amides is 1. The van der Waals surface area contributed by atoms with E-state index < -0.39 is 5.91 Å². The molecule has 5 nitrogen and oxygen atoms in total. The van der Waals surface area contributed by atoms with Crippen LogP contribution in [0.4, 0.5) is 0 Å². The number of nitrogen functional groups attached to an aromatic ring is 1. The minimum atomic E-state index is -0.463. The van der Waals surface area contributed by atoms with Crippen LogP contribution in [0.15, 0.2) is 10.8 Å². The fourth-order valence-electron chi connectivity index (χ4n) is 0.585. The fourth-order valence-corrected chi connectivity index (χ4v) is 0.585. The molecule has 10 heavy (non-hydrogen) atoms. The second-order valence-electron chi connectivity index (χ2n) is 1.74. The summed E-state index contributed by atoms with van der Waals surface area (Å²) in [7, 11) is 0. The van der Waals surface area contributed by atoms with Gasteiger partial charge in [0.2, 0.25) is 5.76 Å². The van der Waals surface area contributed by atoms with E-state index in [1.54, 1.807) is 6.92 Å². The molecule has 54 valence electrons. The Bertz CT molecular complexity index is 243. The summed E-state index contributed by atoms with van der Waals surface area (Å²) in [4.78, 5) is 14.4.